The first-order chi connectivity index (χ1) is 16.0. The molecule has 2 aromatic heterocycles. The Kier molecular flexibility index (Phi) is 8.56. The number of nitrogens with zero attached hydrogens (tertiary/aromatic N) is 3. The van der Waals surface area contributed by atoms with Crippen molar-refractivity contribution in [3.63, 3.8) is 0 Å². The molecule has 0 atom stereocenters. The normalized spacial score (nSPS) is 11.6. The minimum atomic E-state index is -1.24. The lowest BCUT2D eigenvalue weighted by atomic mass is 10.1. The van der Waals surface area contributed by atoms with E-state index >= 15 is 0 Å². The molecule has 182 valence electrons. The third-order valence-corrected chi connectivity index (χ3v) is 7.36. The number of amides is 1. The molecule has 0 radical (unpaired) electrons. The highest BCUT2D eigenvalue weighted by Crippen LogP contribution is 2.28. The Labute approximate surface area is 204 Å². The molecule has 0 aliphatic rings. The summed E-state index contributed by atoms with van der Waals surface area (Å²) < 4.78 is 34.9. The summed E-state index contributed by atoms with van der Waals surface area (Å²) in [5.74, 6) is -1.46. The van der Waals surface area contributed by atoms with Crippen LogP contribution in [0.3, 0.4) is 0 Å². The predicted octanol–water partition coefficient (Wildman–Crippen LogP) is 6.07. The zero-order valence-corrected chi connectivity index (χ0v) is 21.5. The van der Waals surface area contributed by atoms with Crippen LogP contribution in [0.25, 0.3) is 11.3 Å². The number of hydrogen-bond acceptors (Lipinski definition) is 4. The van der Waals surface area contributed by atoms with Crippen LogP contribution in [0.1, 0.15) is 17.5 Å². The summed E-state index contributed by atoms with van der Waals surface area (Å²) in [6.45, 7) is 9.51. The highest BCUT2D eigenvalue weighted by molar-refractivity contribution is 6.76. The number of benzene rings is 1. The minimum absolute atomic E-state index is 0.0339. The van der Waals surface area contributed by atoms with Gasteiger partial charge < -0.3 is 10.1 Å². The van der Waals surface area contributed by atoms with Crippen LogP contribution in [0.2, 0.25) is 30.7 Å². The van der Waals surface area contributed by atoms with Crippen LogP contribution >= 0.6 is 11.6 Å². The second-order valence-corrected chi connectivity index (χ2v) is 15.3. The third-order valence-electron chi connectivity index (χ3n) is 5.30. The maximum absolute atomic E-state index is 13.7. The molecular formula is C24H29ClF2N4O2Si. The predicted molar refractivity (Wildman–Crippen MR) is 133 cm³/mol. The fourth-order valence-electron chi connectivity index (χ4n) is 3.32. The molecule has 3 aromatic rings. The topological polar surface area (TPSA) is 69.0 Å². The SMILES string of the molecule is Cc1c(-c2ccncc2)nn(COCC[Si](C)(C)C)c1NC(=O)CCc1cc(F)c(Cl)c(F)c1. The van der Waals surface area contributed by atoms with Gasteiger partial charge in [-0.05, 0) is 49.2 Å². The van der Waals surface area contributed by atoms with E-state index in [4.69, 9.17) is 16.3 Å². The van der Waals surface area contributed by atoms with E-state index in [2.05, 4.69) is 35.0 Å². The van der Waals surface area contributed by atoms with Crippen LogP contribution in [-0.2, 0) is 22.7 Å². The van der Waals surface area contributed by atoms with Gasteiger partial charge in [-0.25, -0.2) is 13.5 Å². The van der Waals surface area contributed by atoms with Gasteiger partial charge in [0.2, 0.25) is 5.91 Å². The number of nitrogens with one attached hydrogen (secondary N) is 1. The molecule has 34 heavy (non-hydrogen) atoms. The zero-order valence-electron chi connectivity index (χ0n) is 19.8. The van der Waals surface area contributed by atoms with Gasteiger partial charge in [-0.1, -0.05) is 31.2 Å². The molecule has 0 aliphatic heterocycles. The van der Waals surface area contributed by atoms with E-state index in [1.165, 1.54) is 0 Å². The van der Waals surface area contributed by atoms with Crippen molar-refractivity contribution in [1.82, 2.24) is 14.8 Å². The molecule has 10 heteroatoms. The van der Waals surface area contributed by atoms with Crippen molar-refractivity contribution in [3.8, 4) is 11.3 Å². The molecule has 2 heterocycles. The van der Waals surface area contributed by atoms with E-state index in [1.54, 1.807) is 17.1 Å². The summed E-state index contributed by atoms with van der Waals surface area (Å²) in [6.07, 6.45) is 3.56. The Morgan fingerprint density at radius 1 is 1.18 bits per heavy atom. The van der Waals surface area contributed by atoms with Crippen molar-refractivity contribution in [2.75, 3.05) is 11.9 Å². The highest BCUT2D eigenvalue weighted by Gasteiger charge is 2.19. The summed E-state index contributed by atoms with van der Waals surface area (Å²) >= 11 is 5.53. The zero-order chi connectivity index (χ0) is 24.9. The largest absolute Gasteiger partial charge is 0.359 e. The van der Waals surface area contributed by atoms with E-state index in [1.807, 2.05) is 19.1 Å². The number of anilines is 1. The van der Waals surface area contributed by atoms with Crippen molar-refractivity contribution in [2.24, 2.45) is 0 Å². The Bertz CT molecular complexity index is 1130. The van der Waals surface area contributed by atoms with Gasteiger partial charge in [-0.2, -0.15) is 5.10 Å². The van der Waals surface area contributed by atoms with E-state index in [-0.39, 0.29) is 25.5 Å². The number of ether oxygens (including phenoxy) is 1. The fourth-order valence-corrected chi connectivity index (χ4v) is 4.19. The summed E-state index contributed by atoms with van der Waals surface area (Å²) in [5, 5.41) is 7.01. The molecular weight excluding hydrogens is 478 g/mol. The van der Waals surface area contributed by atoms with E-state index < -0.39 is 24.7 Å². The first kappa shape index (κ1) is 26.0. The molecule has 0 unspecified atom stereocenters. The van der Waals surface area contributed by atoms with E-state index in [0.29, 0.717) is 23.7 Å². The Balaban J connectivity index is 1.75. The van der Waals surface area contributed by atoms with Gasteiger partial charge in [0, 0.05) is 44.6 Å². The number of carbonyl (C=O) groups excluding carboxylic acids is 1. The van der Waals surface area contributed by atoms with Crippen LogP contribution < -0.4 is 5.32 Å². The van der Waals surface area contributed by atoms with Gasteiger partial charge in [0.1, 0.15) is 29.2 Å². The van der Waals surface area contributed by atoms with Gasteiger partial charge in [0.15, 0.2) is 0 Å². The van der Waals surface area contributed by atoms with Gasteiger partial charge in [0.05, 0.1) is 5.69 Å². The highest BCUT2D eigenvalue weighted by atomic mass is 35.5. The second-order valence-electron chi connectivity index (χ2n) is 9.33. The molecule has 1 amide bonds. The van der Waals surface area contributed by atoms with Gasteiger partial charge >= 0.3 is 0 Å². The maximum atomic E-state index is 13.7. The Morgan fingerprint density at radius 3 is 2.44 bits per heavy atom. The average molecular weight is 507 g/mol. The summed E-state index contributed by atoms with van der Waals surface area (Å²) in [7, 11) is -1.24. The molecule has 0 aliphatic carbocycles. The lowest BCUT2D eigenvalue weighted by molar-refractivity contribution is -0.116. The second kappa shape index (κ2) is 11.2. The number of halogens is 3. The summed E-state index contributed by atoms with van der Waals surface area (Å²) in [5.41, 5.74) is 2.73. The van der Waals surface area contributed by atoms with Crippen LogP contribution in [0.4, 0.5) is 14.6 Å². The monoisotopic (exact) mass is 506 g/mol. The number of aromatic nitrogens is 3. The molecule has 0 saturated heterocycles. The first-order valence-electron chi connectivity index (χ1n) is 11.0. The fraction of sp³-hybridized carbons (Fsp3) is 0.375. The van der Waals surface area contributed by atoms with Crippen LogP contribution in [0, 0.1) is 18.6 Å². The van der Waals surface area contributed by atoms with Crippen molar-refractivity contribution in [2.45, 2.75) is 52.2 Å². The van der Waals surface area contributed by atoms with Gasteiger partial charge in [-0.3, -0.25) is 9.78 Å². The molecule has 0 fully saturated rings. The molecule has 1 aromatic carbocycles. The standard InChI is InChI=1S/C24H29ClF2N4O2Si/c1-16-23(18-7-9-28-10-8-18)30-31(15-33-11-12-34(2,3)4)24(16)29-21(32)6-5-17-13-19(26)22(25)20(27)14-17/h7-10,13-14H,5-6,11-12,15H2,1-4H3,(H,29,32). The Morgan fingerprint density at radius 2 is 1.82 bits per heavy atom. The number of hydrogen-bond donors (Lipinski definition) is 1. The quantitative estimate of drug-likeness (QED) is 0.206. The number of carbonyl (C=O) groups is 1. The van der Waals surface area contributed by atoms with Gasteiger partial charge in [-0.15, -0.1) is 0 Å². The smallest absolute Gasteiger partial charge is 0.225 e. The third kappa shape index (κ3) is 6.94. The molecule has 6 nitrogen and oxygen atoms in total. The summed E-state index contributed by atoms with van der Waals surface area (Å²) in [4.78, 5) is 16.8. The van der Waals surface area contributed by atoms with Crippen LogP contribution in [-0.4, -0.2) is 35.4 Å². The molecule has 3 rings (SSSR count). The molecule has 1 N–H and O–H groups in total. The lowest BCUT2D eigenvalue weighted by Gasteiger charge is -2.16. The van der Waals surface area contributed by atoms with Crippen LogP contribution in [0.15, 0.2) is 36.7 Å². The van der Waals surface area contributed by atoms with Gasteiger partial charge in [0.25, 0.3) is 0 Å². The van der Waals surface area contributed by atoms with Crippen LogP contribution in [0.5, 0.6) is 0 Å². The number of pyridine rings is 1. The number of aryl methyl sites for hydroxylation is 1. The minimum Gasteiger partial charge on any atom is -0.359 e. The molecule has 0 spiro atoms. The van der Waals surface area contributed by atoms with Crippen molar-refractivity contribution in [3.05, 3.63) is 64.4 Å². The molecule has 0 bridgehead atoms. The number of rotatable bonds is 10. The Hall–Kier alpha value is -2.62. The van der Waals surface area contributed by atoms with E-state index in [9.17, 15) is 13.6 Å². The van der Waals surface area contributed by atoms with Crippen molar-refractivity contribution in [1.29, 1.82) is 0 Å². The lowest BCUT2D eigenvalue weighted by Crippen LogP contribution is -2.22. The average Bonchev–Trinajstić information content (AvgIpc) is 3.08. The van der Waals surface area contributed by atoms with E-state index in [0.717, 1.165) is 29.3 Å². The first-order valence-corrected chi connectivity index (χ1v) is 15.1. The summed E-state index contributed by atoms with van der Waals surface area (Å²) in [6, 6.07) is 6.99. The van der Waals surface area contributed by atoms with Crippen molar-refractivity contribution < 1.29 is 18.3 Å². The van der Waals surface area contributed by atoms with Crippen molar-refractivity contribution >= 4 is 31.4 Å². The molecule has 0 saturated carbocycles. The maximum Gasteiger partial charge on any atom is 0.225 e.